The van der Waals surface area contributed by atoms with Gasteiger partial charge in [-0.15, -0.1) is 0 Å². The van der Waals surface area contributed by atoms with Gasteiger partial charge in [0.25, 0.3) is 0 Å². The van der Waals surface area contributed by atoms with Crippen molar-refractivity contribution in [3.05, 3.63) is 12.4 Å². The maximum absolute atomic E-state index is 4.19. The fourth-order valence-corrected chi connectivity index (χ4v) is 1.32. The van der Waals surface area contributed by atoms with Gasteiger partial charge in [-0.3, -0.25) is 0 Å². The average Bonchev–Trinajstić information content (AvgIpc) is 2.28. The van der Waals surface area contributed by atoms with E-state index in [0.717, 1.165) is 24.7 Å². The summed E-state index contributed by atoms with van der Waals surface area (Å²) in [6, 6.07) is 1.93. The minimum atomic E-state index is 0.212. The van der Waals surface area contributed by atoms with Gasteiger partial charge in [0.2, 0.25) is 0 Å². The second kappa shape index (κ2) is 5.94. The van der Waals surface area contributed by atoms with Crippen LogP contribution in [0.2, 0.25) is 0 Å². The van der Waals surface area contributed by atoms with Gasteiger partial charge in [-0.25, -0.2) is 9.97 Å². The van der Waals surface area contributed by atoms with Gasteiger partial charge in [-0.05, 0) is 27.0 Å². The summed E-state index contributed by atoms with van der Waals surface area (Å²) in [6.45, 7) is 8.21. The minimum Gasteiger partial charge on any atom is -0.370 e. The molecular formula is C11H20N4S. The van der Waals surface area contributed by atoms with Gasteiger partial charge in [-0.1, -0.05) is 0 Å². The molecule has 0 saturated heterocycles. The molecule has 0 radical (unpaired) electrons. The molecule has 0 aromatic carbocycles. The smallest absolute Gasteiger partial charge is 0.131 e. The van der Waals surface area contributed by atoms with Crippen LogP contribution in [0.15, 0.2) is 12.4 Å². The zero-order valence-corrected chi connectivity index (χ0v) is 11.2. The lowest BCUT2D eigenvalue weighted by Crippen LogP contribution is -2.26. The second-order valence-electron chi connectivity index (χ2n) is 4.14. The third-order valence-corrected chi connectivity index (χ3v) is 3.52. The number of nitrogens with zero attached hydrogens (tertiary/aromatic N) is 2. The van der Waals surface area contributed by atoms with Crippen molar-refractivity contribution in [3.63, 3.8) is 0 Å². The Labute approximate surface area is 102 Å². The lowest BCUT2D eigenvalue weighted by atomic mass is 10.2. The Kier molecular flexibility index (Phi) is 4.86. The Bertz CT molecular complexity index is 328. The van der Waals surface area contributed by atoms with Crippen LogP contribution < -0.4 is 10.6 Å². The zero-order chi connectivity index (χ0) is 12.0. The molecule has 0 atom stereocenters. The number of aromatic nitrogens is 2. The van der Waals surface area contributed by atoms with Gasteiger partial charge < -0.3 is 10.6 Å². The summed E-state index contributed by atoms with van der Waals surface area (Å²) in [6.07, 6.45) is 3.69. The zero-order valence-electron chi connectivity index (χ0n) is 10.4. The monoisotopic (exact) mass is 240 g/mol. The van der Waals surface area contributed by atoms with E-state index in [1.54, 1.807) is 6.33 Å². The highest BCUT2D eigenvalue weighted by atomic mass is 32.2. The molecule has 0 bridgehead atoms. The van der Waals surface area contributed by atoms with Crippen LogP contribution in [0.4, 0.5) is 11.6 Å². The number of hydrogen-bond acceptors (Lipinski definition) is 5. The number of nitrogens with one attached hydrogen (secondary N) is 2. The maximum atomic E-state index is 4.19. The molecule has 0 saturated carbocycles. The van der Waals surface area contributed by atoms with Gasteiger partial charge >= 0.3 is 0 Å². The Hall–Kier alpha value is -0.970. The number of anilines is 2. The first kappa shape index (κ1) is 13.1. The van der Waals surface area contributed by atoms with E-state index in [-0.39, 0.29) is 4.75 Å². The first-order valence-electron chi connectivity index (χ1n) is 5.42. The number of rotatable bonds is 6. The van der Waals surface area contributed by atoms with Crippen molar-refractivity contribution in [3.8, 4) is 0 Å². The molecule has 0 aliphatic rings. The van der Waals surface area contributed by atoms with Crippen LogP contribution >= 0.6 is 11.8 Å². The summed E-state index contributed by atoms with van der Waals surface area (Å²) in [5, 5.41) is 6.49. The van der Waals surface area contributed by atoms with Crippen LogP contribution in [0.3, 0.4) is 0 Å². The normalized spacial score (nSPS) is 11.2. The summed E-state index contributed by atoms with van der Waals surface area (Å²) < 4.78 is 0.212. The molecule has 2 N–H and O–H groups in total. The van der Waals surface area contributed by atoms with Gasteiger partial charge in [0, 0.05) is 23.9 Å². The minimum absolute atomic E-state index is 0.212. The molecule has 0 aliphatic carbocycles. The molecule has 1 aromatic rings. The largest absolute Gasteiger partial charge is 0.370 e. The van der Waals surface area contributed by atoms with E-state index in [0.29, 0.717) is 0 Å². The van der Waals surface area contributed by atoms with E-state index in [4.69, 9.17) is 0 Å². The molecular weight excluding hydrogens is 220 g/mol. The summed E-state index contributed by atoms with van der Waals surface area (Å²) in [7, 11) is 0. The third-order valence-electron chi connectivity index (χ3n) is 2.27. The van der Waals surface area contributed by atoms with Crippen LogP contribution in [0, 0.1) is 0 Å². The average molecular weight is 240 g/mol. The van der Waals surface area contributed by atoms with Gasteiger partial charge in [0.05, 0.1) is 0 Å². The van der Waals surface area contributed by atoms with Crippen molar-refractivity contribution in [2.24, 2.45) is 0 Å². The van der Waals surface area contributed by atoms with Crippen LogP contribution in [-0.2, 0) is 0 Å². The molecule has 16 heavy (non-hydrogen) atoms. The molecule has 4 nitrogen and oxygen atoms in total. The molecule has 0 fully saturated rings. The fraction of sp³-hybridized carbons (Fsp3) is 0.636. The first-order chi connectivity index (χ1) is 7.57. The van der Waals surface area contributed by atoms with Crippen molar-refractivity contribution in [1.29, 1.82) is 0 Å². The van der Waals surface area contributed by atoms with Crippen molar-refractivity contribution in [2.45, 2.75) is 25.5 Å². The van der Waals surface area contributed by atoms with E-state index in [1.807, 2.05) is 24.8 Å². The van der Waals surface area contributed by atoms with E-state index in [2.05, 4.69) is 40.7 Å². The summed E-state index contributed by atoms with van der Waals surface area (Å²) in [5.74, 6) is 1.73. The predicted octanol–water partition coefficient (Wildman–Crippen LogP) is 2.46. The SMILES string of the molecule is CCNc1cc(NCC(C)(C)SC)ncn1. The Morgan fingerprint density at radius 1 is 1.25 bits per heavy atom. The highest BCUT2D eigenvalue weighted by Gasteiger charge is 2.15. The number of hydrogen-bond donors (Lipinski definition) is 2. The standard InChI is InChI=1S/C11H20N4S/c1-5-12-9-6-10(15-8-14-9)13-7-11(2,3)16-4/h6,8H,5,7H2,1-4H3,(H2,12,13,14,15). The topological polar surface area (TPSA) is 49.8 Å². The van der Waals surface area contributed by atoms with Crippen LogP contribution in [0.5, 0.6) is 0 Å². The third kappa shape index (κ3) is 4.26. The van der Waals surface area contributed by atoms with Crippen LogP contribution in [-0.4, -0.2) is 34.1 Å². The molecule has 0 amide bonds. The Balaban J connectivity index is 2.57. The van der Waals surface area contributed by atoms with Crippen LogP contribution in [0.25, 0.3) is 0 Å². The highest BCUT2D eigenvalue weighted by Crippen LogP contribution is 2.21. The molecule has 90 valence electrons. The molecule has 1 aromatic heterocycles. The highest BCUT2D eigenvalue weighted by molar-refractivity contribution is 7.99. The molecule has 5 heteroatoms. The molecule has 0 aliphatic heterocycles. The first-order valence-corrected chi connectivity index (χ1v) is 6.65. The van der Waals surface area contributed by atoms with Crippen molar-refractivity contribution >= 4 is 23.4 Å². The van der Waals surface area contributed by atoms with Crippen LogP contribution in [0.1, 0.15) is 20.8 Å². The van der Waals surface area contributed by atoms with Gasteiger partial charge in [0.1, 0.15) is 18.0 Å². The Morgan fingerprint density at radius 3 is 2.44 bits per heavy atom. The van der Waals surface area contributed by atoms with E-state index in [9.17, 15) is 0 Å². The maximum Gasteiger partial charge on any atom is 0.131 e. The van der Waals surface area contributed by atoms with Crippen molar-refractivity contribution < 1.29 is 0 Å². The van der Waals surface area contributed by atoms with Gasteiger partial charge in [0.15, 0.2) is 0 Å². The van der Waals surface area contributed by atoms with E-state index < -0.39 is 0 Å². The lowest BCUT2D eigenvalue weighted by molar-refractivity contribution is 0.750. The van der Waals surface area contributed by atoms with Gasteiger partial charge in [-0.2, -0.15) is 11.8 Å². The summed E-state index contributed by atoms with van der Waals surface area (Å²) in [4.78, 5) is 8.31. The van der Waals surface area contributed by atoms with E-state index >= 15 is 0 Å². The summed E-state index contributed by atoms with van der Waals surface area (Å²) >= 11 is 1.84. The Morgan fingerprint density at radius 2 is 1.88 bits per heavy atom. The lowest BCUT2D eigenvalue weighted by Gasteiger charge is -2.22. The summed E-state index contributed by atoms with van der Waals surface area (Å²) in [5.41, 5.74) is 0. The number of thioether (sulfide) groups is 1. The van der Waals surface area contributed by atoms with E-state index in [1.165, 1.54) is 0 Å². The quantitative estimate of drug-likeness (QED) is 0.800. The fourth-order valence-electron chi connectivity index (χ4n) is 1.11. The van der Waals surface area contributed by atoms with Crippen molar-refractivity contribution in [2.75, 3.05) is 30.0 Å². The molecule has 0 unspecified atom stereocenters. The van der Waals surface area contributed by atoms with Crippen molar-refractivity contribution in [1.82, 2.24) is 9.97 Å². The second-order valence-corrected chi connectivity index (χ2v) is 5.65. The predicted molar refractivity (Wildman–Crippen MR) is 72.3 cm³/mol. The molecule has 1 rings (SSSR count). The molecule has 0 spiro atoms. The molecule has 1 heterocycles.